The summed E-state index contributed by atoms with van der Waals surface area (Å²) in [7, 11) is 1.46. The summed E-state index contributed by atoms with van der Waals surface area (Å²) in [5.41, 5.74) is 2.74. The summed E-state index contributed by atoms with van der Waals surface area (Å²) in [5, 5.41) is 10.4. The maximum Gasteiger partial charge on any atom is 0.141 e. The van der Waals surface area contributed by atoms with Crippen LogP contribution in [0.3, 0.4) is 0 Å². The molecule has 0 saturated heterocycles. The van der Waals surface area contributed by atoms with Crippen LogP contribution in [-0.4, -0.2) is 12.2 Å². The van der Waals surface area contributed by atoms with Crippen molar-refractivity contribution in [1.82, 2.24) is 0 Å². The maximum absolute atomic E-state index is 13.5. The van der Waals surface area contributed by atoms with Crippen LogP contribution in [0.2, 0.25) is 0 Å². The Morgan fingerprint density at radius 1 is 1.30 bits per heavy atom. The number of methoxy groups -OCH3 is 1. The van der Waals surface area contributed by atoms with Crippen molar-refractivity contribution < 1.29 is 14.2 Å². The molecule has 0 amide bonds. The lowest BCUT2D eigenvalue weighted by molar-refractivity contribution is 0.173. The summed E-state index contributed by atoms with van der Waals surface area (Å²) in [6.45, 7) is 2.00. The minimum absolute atomic E-state index is 0.316. The van der Waals surface area contributed by atoms with Gasteiger partial charge in [-0.25, -0.2) is 4.39 Å². The Bertz CT molecular complexity index is 613. The molecule has 2 rings (SSSR count). The van der Waals surface area contributed by atoms with E-state index in [9.17, 15) is 9.50 Å². The van der Waals surface area contributed by atoms with E-state index in [0.717, 1.165) is 11.1 Å². The summed E-state index contributed by atoms with van der Waals surface area (Å²) in [6.07, 6.45) is -0.292. The van der Waals surface area contributed by atoms with Crippen LogP contribution in [0.15, 0.2) is 40.9 Å². The Morgan fingerprint density at radius 2 is 2.05 bits per heavy atom. The molecule has 0 heterocycles. The van der Waals surface area contributed by atoms with E-state index in [2.05, 4.69) is 15.9 Å². The van der Waals surface area contributed by atoms with E-state index in [1.54, 1.807) is 6.07 Å². The van der Waals surface area contributed by atoms with Crippen molar-refractivity contribution >= 4 is 15.9 Å². The van der Waals surface area contributed by atoms with Crippen LogP contribution in [0.5, 0.6) is 5.75 Å². The van der Waals surface area contributed by atoms with Gasteiger partial charge in [0.05, 0.1) is 17.7 Å². The predicted octanol–water partition coefficient (Wildman–Crippen LogP) is 4.18. The molecule has 1 unspecified atom stereocenters. The summed E-state index contributed by atoms with van der Waals surface area (Å²) < 4.78 is 18.9. The molecule has 1 atom stereocenters. The van der Waals surface area contributed by atoms with Crippen LogP contribution in [0.25, 0.3) is 0 Å². The van der Waals surface area contributed by atoms with Gasteiger partial charge in [0.2, 0.25) is 0 Å². The topological polar surface area (TPSA) is 29.5 Å². The number of hydrogen-bond donors (Lipinski definition) is 1. The van der Waals surface area contributed by atoms with Gasteiger partial charge in [-0.2, -0.15) is 0 Å². The van der Waals surface area contributed by atoms with Gasteiger partial charge in [-0.3, -0.25) is 0 Å². The molecule has 0 aliphatic carbocycles. The fourth-order valence-corrected chi connectivity index (χ4v) is 2.51. The van der Waals surface area contributed by atoms with Crippen molar-refractivity contribution in [2.24, 2.45) is 0 Å². The summed E-state index contributed by atoms with van der Waals surface area (Å²) in [4.78, 5) is 0. The molecule has 0 aromatic heterocycles. The maximum atomic E-state index is 13.5. The van der Waals surface area contributed by atoms with Gasteiger partial charge in [-0.05, 0) is 34.5 Å². The van der Waals surface area contributed by atoms with Crippen molar-refractivity contribution in [3.63, 3.8) is 0 Å². The number of aliphatic hydroxyl groups excluding tert-OH is 1. The molecule has 1 N–H and O–H groups in total. The van der Waals surface area contributed by atoms with E-state index in [1.165, 1.54) is 13.2 Å². The Kier molecular flexibility index (Phi) is 4.78. The Balaban J connectivity index is 2.29. The molecule has 0 radical (unpaired) electrons. The SMILES string of the molecule is COc1cc(F)c(Br)cc1C(O)Cc1cccc(C)c1. The average Bonchev–Trinajstić information content (AvgIpc) is 2.41. The summed E-state index contributed by atoms with van der Waals surface area (Å²) >= 11 is 3.13. The number of rotatable bonds is 4. The number of ether oxygens (including phenoxy) is 1. The Morgan fingerprint density at radius 3 is 2.70 bits per heavy atom. The van der Waals surface area contributed by atoms with Crippen molar-refractivity contribution in [2.45, 2.75) is 19.4 Å². The second-order valence-electron chi connectivity index (χ2n) is 4.72. The summed E-state index contributed by atoms with van der Waals surface area (Å²) in [5.74, 6) is -0.0563. The van der Waals surface area contributed by atoms with Crippen molar-refractivity contribution in [3.05, 3.63) is 63.4 Å². The predicted molar refractivity (Wildman–Crippen MR) is 80.5 cm³/mol. The van der Waals surface area contributed by atoms with Gasteiger partial charge in [0.25, 0.3) is 0 Å². The zero-order chi connectivity index (χ0) is 14.7. The zero-order valence-corrected chi connectivity index (χ0v) is 12.9. The van der Waals surface area contributed by atoms with Crippen LogP contribution >= 0.6 is 15.9 Å². The lowest BCUT2D eigenvalue weighted by Gasteiger charge is -2.16. The molecule has 4 heteroatoms. The Hall–Kier alpha value is -1.39. The number of benzene rings is 2. The number of aliphatic hydroxyl groups is 1. The molecule has 0 fully saturated rings. The highest BCUT2D eigenvalue weighted by Crippen LogP contribution is 2.32. The van der Waals surface area contributed by atoms with Crippen molar-refractivity contribution in [1.29, 1.82) is 0 Å². The first kappa shape index (κ1) is 15.0. The highest BCUT2D eigenvalue weighted by atomic mass is 79.9. The van der Waals surface area contributed by atoms with Crippen LogP contribution < -0.4 is 4.74 Å². The molecule has 2 aromatic rings. The fourth-order valence-electron chi connectivity index (χ4n) is 2.15. The van der Waals surface area contributed by atoms with Gasteiger partial charge in [-0.1, -0.05) is 29.8 Å². The minimum Gasteiger partial charge on any atom is -0.496 e. The molecule has 2 nitrogen and oxygen atoms in total. The van der Waals surface area contributed by atoms with E-state index >= 15 is 0 Å². The van der Waals surface area contributed by atoms with Crippen molar-refractivity contribution in [2.75, 3.05) is 7.11 Å². The highest BCUT2D eigenvalue weighted by molar-refractivity contribution is 9.10. The monoisotopic (exact) mass is 338 g/mol. The van der Waals surface area contributed by atoms with Crippen molar-refractivity contribution in [3.8, 4) is 5.75 Å². The van der Waals surface area contributed by atoms with E-state index in [4.69, 9.17) is 4.74 Å². The molecular formula is C16H16BrFO2. The largest absolute Gasteiger partial charge is 0.496 e. The molecule has 0 saturated carbocycles. The lowest BCUT2D eigenvalue weighted by atomic mass is 9.99. The van der Waals surface area contributed by atoms with Gasteiger partial charge >= 0.3 is 0 Å². The third-order valence-electron chi connectivity index (χ3n) is 3.14. The number of hydrogen-bond acceptors (Lipinski definition) is 2. The third kappa shape index (κ3) is 3.38. The first-order valence-electron chi connectivity index (χ1n) is 6.28. The van der Waals surface area contributed by atoms with Crippen LogP contribution in [0.1, 0.15) is 22.8 Å². The summed E-state index contributed by atoms with van der Waals surface area (Å²) in [6, 6.07) is 10.8. The standard InChI is InChI=1S/C16H16BrFO2/c1-10-4-3-5-11(6-10)7-15(19)12-8-13(17)14(18)9-16(12)20-2/h3-6,8-9,15,19H,7H2,1-2H3. The van der Waals surface area contributed by atoms with Gasteiger partial charge in [0.1, 0.15) is 11.6 Å². The van der Waals surface area contributed by atoms with Crippen LogP contribution in [0, 0.1) is 12.7 Å². The second kappa shape index (κ2) is 6.37. The molecule has 0 aliphatic rings. The Labute approximate surface area is 126 Å². The highest BCUT2D eigenvalue weighted by Gasteiger charge is 2.17. The molecule has 0 bridgehead atoms. The molecule has 0 aliphatic heterocycles. The molecule has 20 heavy (non-hydrogen) atoms. The molecule has 0 spiro atoms. The average molecular weight is 339 g/mol. The first-order valence-corrected chi connectivity index (χ1v) is 7.07. The fraction of sp³-hybridized carbons (Fsp3) is 0.250. The van der Waals surface area contributed by atoms with Crippen LogP contribution in [-0.2, 0) is 6.42 Å². The van der Waals surface area contributed by atoms with Gasteiger partial charge < -0.3 is 9.84 Å². The smallest absolute Gasteiger partial charge is 0.141 e. The number of halogens is 2. The molecule has 106 valence electrons. The first-order chi connectivity index (χ1) is 9.51. The van der Waals surface area contributed by atoms with Gasteiger partial charge in [-0.15, -0.1) is 0 Å². The van der Waals surface area contributed by atoms with E-state index in [1.807, 2.05) is 31.2 Å². The normalized spacial score (nSPS) is 12.2. The quantitative estimate of drug-likeness (QED) is 0.905. The van der Waals surface area contributed by atoms with E-state index < -0.39 is 11.9 Å². The minimum atomic E-state index is -0.747. The molecular weight excluding hydrogens is 323 g/mol. The second-order valence-corrected chi connectivity index (χ2v) is 5.57. The number of aryl methyl sites for hydroxylation is 1. The third-order valence-corrected chi connectivity index (χ3v) is 3.75. The lowest BCUT2D eigenvalue weighted by Crippen LogP contribution is -2.05. The molecule has 2 aromatic carbocycles. The zero-order valence-electron chi connectivity index (χ0n) is 11.4. The van der Waals surface area contributed by atoms with E-state index in [0.29, 0.717) is 22.2 Å². The van der Waals surface area contributed by atoms with Crippen LogP contribution in [0.4, 0.5) is 4.39 Å². The van der Waals surface area contributed by atoms with Gasteiger partial charge in [0, 0.05) is 18.1 Å². The van der Waals surface area contributed by atoms with E-state index in [-0.39, 0.29) is 0 Å². The van der Waals surface area contributed by atoms with Gasteiger partial charge in [0.15, 0.2) is 0 Å².